The number of phenolic OH excluding ortho intramolecular Hbond substituents is 1. The molecule has 0 saturated carbocycles. The van der Waals surface area contributed by atoms with Crippen LogP contribution in [0.5, 0.6) is 5.75 Å². The average molecular weight is 270 g/mol. The minimum Gasteiger partial charge on any atom is -0.508 e. The predicted octanol–water partition coefficient (Wildman–Crippen LogP) is 3.18. The highest BCUT2D eigenvalue weighted by molar-refractivity contribution is 6.42. The Hall–Kier alpha value is -1.29. The second-order valence-corrected chi connectivity index (χ2v) is 4.26. The maximum atomic E-state index is 10.1. The van der Waals surface area contributed by atoms with Crippen LogP contribution in [-0.4, -0.2) is 15.2 Å². The van der Waals surface area contributed by atoms with Gasteiger partial charge in [-0.05, 0) is 29.8 Å². The van der Waals surface area contributed by atoms with Gasteiger partial charge in [0, 0.05) is 18.0 Å². The predicted molar refractivity (Wildman–Crippen MR) is 66.4 cm³/mol. The number of aliphatic hydroxyl groups is 1. The Morgan fingerprint density at radius 2 is 1.71 bits per heavy atom. The summed E-state index contributed by atoms with van der Waals surface area (Å²) in [5.74, 6) is -0.0938. The van der Waals surface area contributed by atoms with E-state index in [2.05, 4.69) is 4.98 Å². The van der Waals surface area contributed by atoms with Crippen molar-refractivity contribution < 1.29 is 10.2 Å². The van der Waals surface area contributed by atoms with Crippen LogP contribution in [0.25, 0.3) is 0 Å². The van der Waals surface area contributed by atoms with E-state index >= 15 is 0 Å². The molecule has 2 aromatic rings. The lowest BCUT2D eigenvalue weighted by atomic mass is 10.0. The summed E-state index contributed by atoms with van der Waals surface area (Å²) in [7, 11) is 0. The van der Waals surface area contributed by atoms with Crippen LogP contribution < -0.4 is 0 Å². The number of aliphatic hydroxyl groups excluding tert-OH is 1. The molecular weight excluding hydrogens is 261 g/mol. The number of hydrogen-bond acceptors (Lipinski definition) is 3. The van der Waals surface area contributed by atoms with Gasteiger partial charge in [-0.25, -0.2) is 0 Å². The highest BCUT2D eigenvalue weighted by Crippen LogP contribution is 2.38. The molecule has 0 bridgehead atoms. The number of nitrogens with zero attached hydrogens (tertiary/aromatic N) is 1. The first-order valence-corrected chi connectivity index (χ1v) is 5.61. The van der Waals surface area contributed by atoms with E-state index in [1.165, 1.54) is 12.1 Å². The first kappa shape index (κ1) is 12.2. The van der Waals surface area contributed by atoms with Crippen molar-refractivity contribution in [2.24, 2.45) is 0 Å². The van der Waals surface area contributed by atoms with Crippen molar-refractivity contribution in [2.45, 2.75) is 6.10 Å². The molecule has 88 valence electrons. The fourth-order valence-electron chi connectivity index (χ4n) is 1.53. The summed E-state index contributed by atoms with van der Waals surface area (Å²) in [4.78, 5) is 3.85. The van der Waals surface area contributed by atoms with E-state index < -0.39 is 6.10 Å². The summed E-state index contributed by atoms with van der Waals surface area (Å²) >= 11 is 11.8. The lowest BCUT2D eigenvalue weighted by molar-refractivity contribution is 0.215. The van der Waals surface area contributed by atoms with Gasteiger partial charge in [-0.2, -0.15) is 0 Å². The smallest absolute Gasteiger partial charge is 0.123 e. The van der Waals surface area contributed by atoms with E-state index in [1.54, 1.807) is 24.5 Å². The van der Waals surface area contributed by atoms with Crippen molar-refractivity contribution in [1.29, 1.82) is 0 Å². The standard InChI is InChI=1S/C12H9Cl2NO2/c13-8-1-2-9(16)10(11(8)14)12(17)7-3-5-15-6-4-7/h1-6,12,16-17H/t12-/m0/s1. The SMILES string of the molecule is Oc1ccc(Cl)c(Cl)c1[C@@H](O)c1ccncc1. The van der Waals surface area contributed by atoms with Gasteiger partial charge in [-0.3, -0.25) is 4.98 Å². The second kappa shape index (κ2) is 4.92. The fourth-order valence-corrected chi connectivity index (χ4v) is 1.96. The number of benzene rings is 1. The Morgan fingerprint density at radius 3 is 2.35 bits per heavy atom. The van der Waals surface area contributed by atoms with Crippen molar-refractivity contribution in [1.82, 2.24) is 4.98 Å². The van der Waals surface area contributed by atoms with Crippen molar-refractivity contribution in [2.75, 3.05) is 0 Å². The molecule has 0 aliphatic heterocycles. The van der Waals surface area contributed by atoms with E-state index in [-0.39, 0.29) is 21.4 Å². The van der Waals surface area contributed by atoms with Gasteiger partial charge in [0.15, 0.2) is 0 Å². The van der Waals surface area contributed by atoms with E-state index in [9.17, 15) is 10.2 Å². The number of aromatic nitrogens is 1. The van der Waals surface area contributed by atoms with Gasteiger partial charge in [0.2, 0.25) is 0 Å². The molecule has 0 saturated heterocycles. The van der Waals surface area contributed by atoms with Crippen LogP contribution in [0.2, 0.25) is 10.0 Å². The number of halogens is 2. The van der Waals surface area contributed by atoms with E-state index in [1.807, 2.05) is 0 Å². The lowest BCUT2D eigenvalue weighted by Gasteiger charge is -2.15. The monoisotopic (exact) mass is 269 g/mol. The molecule has 0 aliphatic carbocycles. The van der Waals surface area contributed by atoms with Crippen molar-refractivity contribution in [3.63, 3.8) is 0 Å². The van der Waals surface area contributed by atoms with Gasteiger partial charge in [-0.15, -0.1) is 0 Å². The topological polar surface area (TPSA) is 53.4 Å². The average Bonchev–Trinajstić information content (AvgIpc) is 2.35. The van der Waals surface area contributed by atoms with Gasteiger partial charge in [0.25, 0.3) is 0 Å². The van der Waals surface area contributed by atoms with Gasteiger partial charge >= 0.3 is 0 Å². The van der Waals surface area contributed by atoms with E-state index in [0.29, 0.717) is 5.56 Å². The number of pyridine rings is 1. The first-order chi connectivity index (χ1) is 8.11. The quantitative estimate of drug-likeness (QED) is 0.881. The summed E-state index contributed by atoms with van der Waals surface area (Å²) in [5.41, 5.74) is 0.782. The summed E-state index contributed by atoms with van der Waals surface area (Å²) < 4.78 is 0. The van der Waals surface area contributed by atoms with Crippen LogP contribution >= 0.6 is 23.2 Å². The molecule has 3 nitrogen and oxygen atoms in total. The number of rotatable bonds is 2. The Labute approximate surface area is 108 Å². The van der Waals surface area contributed by atoms with Crippen molar-refractivity contribution >= 4 is 23.2 Å². The molecule has 0 fully saturated rings. The van der Waals surface area contributed by atoms with Crippen LogP contribution in [-0.2, 0) is 0 Å². The van der Waals surface area contributed by atoms with Crippen LogP contribution in [0.1, 0.15) is 17.2 Å². The summed E-state index contributed by atoms with van der Waals surface area (Å²) in [6.07, 6.45) is 2.06. The zero-order valence-corrected chi connectivity index (χ0v) is 10.2. The van der Waals surface area contributed by atoms with Crippen LogP contribution in [0.3, 0.4) is 0 Å². The number of hydrogen-bond donors (Lipinski definition) is 2. The van der Waals surface area contributed by atoms with Crippen LogP contribution in [0.15, 0.2) is 36.7 Å². The third-order valence-electron chi connectivity index (χ3n) is 2.40. The zero-order valence-electron chi connectivity index (χ0n) is 8.64. The van der Waals surface area contributed by atoms with Crippen molar-refractivity contribution in [3.05, 3.63) is 57.8 Å². The van der Waals surface area contributed by atoms with Crippen LogP contribution in [0, 0.1) is 0 Å². The molecule has 0 aliphatic rings. The van der Waals surface area contributed by atoms with Gasteiger partial charge in [0.1, 0.15) is 11.9 Å². The lowest BCUT2D eigenvalue weighted by Crippen LogP contribution is -2.01. The molecule has 0 radical (unpaired) electrons. The minimum atomic E-state index is -1.04. The first-order valence-electron chi connectivity index (χ1n) is 4.86. The molecule has 1 aromatic heterocycles. The Kier molecular flexibility index (Phi) is 3.52. The molecule has 0 amide bonds. The van der Waals surface area contributed by atoms with Gasteiger partial charge in [-0.1, -0.05) is 23.2 Å². The molecular formula is C12H9Cl2NO2. The summed E-state index contributed by atoms with van der Waals surface area (Å²) in [6, 6.07) is 6.15. The maximum absolute atomic E-state index is 10.1. The Bertz CT molecular complexity index is 532. The second-order valence-electron chi connectivity index (χ2n) is 3.48. The molecule has 1 atom stereocenters. The summed E-state index contributed by atoms with van der Waals surface area (Å²) in [5, 5.41) is 20.3. The van der Waals surface area contributed by atoms with E-state index in [0.717, 1.165) is 0 Å². The largest absolute Gasteiger partial charge is 0.508 e. The molecule has 17 heavy (non-hydrogen) atoms. The molecule has 1 heterocycles. The third-order valence-corrected chi connectivity index (χ3v) is 3.22. The Balaban J connectivity index is 2.51. The molecule has 0 unspecified atom stereocenters. The van der Waals surface area contributed by atoms with Gasteiger partial charge in [0.05, 0.1) is 10.0 Å². The third kappa shape index (κ3) is 2.36. The number of phenols is 1. The highest BCUT2D eigenvalue weighted by Gasteiger charge is 2.19. The molecule has 2 N–H and O–H groups in total. The van der Waals surface area contributed by atoms with Gasteiger partial charge < -0.3 is 10.2 Å². The van der Waals surface area contributed by atoms with E-state index in [4.69, 9.17) is 23.2 Å². The molecule has 1 aromatic carbocycles. The Morgan fingerprint density at radius 1 is 1.06 bits per heavy atom. The van der Waals surface area contributed by atoms with Crippen LogP contribution in [0.4, 0.5) is 0 Å². The number of aromatic hydroxyl groups is 1. The maximum Gasteiger partial charge on any atom is 0.123 e. The molecule has 5 heteroatoms. The zero-order chi connectivity index (χ0) is 12.4. The fraction of sp³-hybridized carbons (Fsp3) is 0.0833. The molecule has 2 rings (SSSR count). The molecule has 0 spiro atoms. The highest BCUT2D eigenvalue weighted by atomic mass is 35.5. The van der Waals surface area contributed by atoms with Crippen molar-refractivity contribution in [3.8, 4) is 5.75 Å². The summed E-state index contributed by atoms with van der Waals surface area (Å²) in [6.45, 7) is 0. The normalized spacial score (nSPS) is 12.4. The minimum absolute atomic E-state index is 0.0938.